The second-order valence-electron chi connectivity index (χ2n) is 4.84. The SMILES string of the molecule is CC(NCc1cccc(O)c1)C(O)c1ccc(Cl)cc1. The molecule has 3 N–H and O–H groups in total. The highest BCUT2D eigenvalue weighted by Gasteiger charge is 2.15. The van der Waals surface area contributed by atoms with E-state index >= 15 is 0 Å². The fourth-order valence-corrected chi connectivity index (χ4v) is 2.13. The highest BCUT2D eigenvalue weighted by Crippen LogP contribution is 2.19. The van der Waals surface area contributed by atoms with Crippen LogP contribution >= 0.6 is 11.6 Å². The molecule has 4 heteroatoms. The van der Waals surface area contributed by atoms with Crippen molar-refractivity contribution >= 4 is 11.6 Å². The van der Waals surface area contributed by atoms with Crippen molar-refractivity contribution in [3.8, 4) is 5.75 Å². The number of phenolic OH excluding ortho intramolecular Hbond substituents is 1. The maximum absolute atomic E-state index is 10.3. The molecule has 0 bridgehead atoms. The van der Waals surface area contributed by atoms with Gasteiger partial charge in [0, 0.05) is 17.6 Å². The van der Waals surface area contributed by atoms with E-state index in [1.807, 2.05) is 25.1 Å². The van der Waals surface area contributed by atoms with Crippen LogP contribution in [0.15, 0.2) is 48.5 Å². The number of rotatable bonds is 5. The molecular weight excluding hydrogens is 274 g/mol. The molecule has 0 radical (unpaired) electrons. The van der Waals surface area contributed by atoms with Gasteiger partial charge in [-0.25, -0.2) is 0 Å². The molecule has 0 aliphatic rings. The van der Waals surface area contributed by atoms with Gasteiger partial charge in [-0.1, -0.05) is 35.9 Å². The number of aliphatic hydroxyl groups is 1. The summed E-state index contributed by atoms with van der Waals surface area (Å²) in [6.45, 7) is 2.50. The van der Waals surface area contributed by atoms with Crippen LogP contribution < -0.4 is 5.32 Å². The van der Waals surface area contributed by atoms with Gasteiger partial charge in [0.05, 0.1) is 6.10 Å². The van der Waals surface area contributed by atoms with Gasteiger partial charge in [-0.2, -0.15) is 0 Å². The molecule has 20 heavy (non-hydrogen) atoms. The van der Waals surface area contributed by atoms with Gasteiger partial charge in [0.15, 0.2) is 0 Å². The molecule has 0 saturated heterocycles. The number of nitrogens with one attached hydrogen (secondary N) is 1. The Morgan fingerprint density at radius 3 is 2.50 bits per heavy atom. The van der Waals surface area contributed by atoms with Crippen molar-refractivity contribution in [2.75, 3.05) is 0 Å². The maximum atomic E-state index is 10.3. The molecule has 106 valence electrons. The summed E-state index contributed by atoms with van der Waals surface area (Å²) < 4.78 is 0. The number of hydrogen-bond donors (Lipinski definition) is 3. The van der Waals surface area contributed by atoms with Crippen molar-refractivity contribution in [1.29, 1.82) is 0 Å². The molecule has 0 aliphatic heterocycles. The van der Waals surface area contributed by atoms with Crippen molar-refractivity contribution < 1.29 is 10.2 Å². The van der Waals surface area contributed by atoms with Crippen LogP contribution in [-0.4, -0.2) is 16.3 Å². The summed E-state index contributed by atoms with van der Waals surface area (Å²) in [6, 6.07) is 14.1. The number of aromatic hydroxyl groups is 1. The molecule has 0 saturated carbocycles. The summed E-state index contributed by atoms with van der Waals surface area (Å²) in [5, 5.41) is 23.6. The van der Waals surface area contributed by atoms with Crippen LogP contribution in [0.2, 0.25) is 5.02 Å². The molecule has 0 spiro atoms. The van der Waals surface area contributed by atoms with E-state index in [9.17, 15) is 10.2 Å². The molecule has 2 aromatic carbocycles. The Balaban J connectivity index is 1.94. The molecule has 0 amide bonds. The lowest BCUT2D eigenvalue weighted by atomic mass is 10.0. The minimum atomic E-state index is -0.607. The van der Waals surface area contributed by atoms with E-state index in [1.54, 1.807) is 30.3 Å². The van der Waals surface area contributed by atoms with Gasteiger partial charge in [0.25, 0.3) is 0 Å². The third kappa shape index (κ3) is 3.97. The van der Waals surface area contributed by atoms with Crippen LogP contribution in [0.5, 0.6) is 5.75 Å². The molecule has 2 aromatic rings. The van der Waals surface area contributed by atoms with E-state index in [0.717, 1.165) is 11.1 Å². The molecule has 2 atom stereocenters. The van der Waals surface area contributed by atoms with Gasteiger partial charge in [0.2, 0.25) is 0 Å². The van der Waals surface area contributed by atoms with Crippen LogP contribution in [0.4, 0.5) is 0 Å². The molecule has 0 fully saturated rings. The molecule has 2 rings (SSSR count). The molecule has 3 nitrogen and oxygen atoms in total. The Kier molecular flexibility index (Phi) is 5.01. The smallest absolute Gasteiger partial charge is 0.115 e. The standard InChI is InChI=1S/C16H18ClNO2/c1-11(16(20)13-5-7-14(17)8-6-13)18-10-12-3-2-4-15(19)9-12/h2-9,11,16,18-20H,10H2,1H3. The average Bonchev–Trinajstić information content (AvgIpc) is 2.45. The predicted octanol–water partition coefficient (Wildman–Crippen LogP) is 3.26. The predicted molar refractivity (Wildman–Crippen MR) is 80.8 cm³/mol. The van der Waals surface area contributed by atoms with Crippen molar-refractivity contribution in [1.82, 2.24) is 5.32 Å². The van der Waals surface area contributed by atoms with Crippen LogP contribution in [0.3, 0.4) is 0 Å². The van der Waals surface area contributed by atoms with Gasteiger partial charge >= 0.3 is 0 Å². The lowest BCUT2D eigenvalue weighted by Crippen LogP contribution is -2.31. The Hall–Kier alpha value is -1.55. The number of halogens is 1. The highest BCUT2D eigenvalue weighted by atomic mass is 35.5. The van der Waals surface area contributed by atoms with Crippen LogP contribution in [0.1, 0.15) is 24.2 Å². The zero-order valence-corrected chi connectivity index (χ0v) is 12.0. The average molecular weight is 292 g/mol. The summed E-state index contributed by atoms with van der Waals surface area (Å²) >= 11 is 5.83. The van der Waals surface area contributed by atoms with Crippen LogP contribution in [0, 0.1) is 0 Å². The van der Waals surface area contributed by atoms with Crippen molar-refractivity contribution in [3.63, 3.8) is 0 Å². The Labute approximate surface area is 123 Å². The zero-order chi connectivity index (χ0) is 14.5. The van der Waals surface area contributed by atoms with Gasteiger partial charge in [0.1, 0.15) is 5.75 Å². The molecular formula is C16H18ClNO2. The summed E-state index contributed by atoms with van der Waals surface area (Å²) in [4.78, 5) is 0. The van der Waals surface area contributed by atoms with Crippen molar-refractivity contribution in [3.05, 3.63) is 64.7 Å². The van der Waals surface area contributed by atoms with E-state index in [0.29, 0.717) is 11.6 Å². The monoisotopic (exact) mass is 291 g/mol. The first-order valence-corrected chi connectivity index (χ1v) is 6.89. The second kappa shape index (κ2) is 6.75. The van der Waals surface area contributed by atoms with Crippen LogP contribution in [0.25, 0.3) is 0 Å². The number of phenols is 1. The van der Waals surface area contributed by atoms with Crippen molar-refractivity contribution in [2.24, 2.45) is 0 Å². The minimum Gasteiger partial charge on any atom is -0.508 e. The Morgan fingerprint density at radius 2 is 1.85 bits per heavy atom. The number of benzene rings is 2. The maximum Gasteiger partial charge on any atom is 0.115 e. The third-order valence-electron chi connectivity index (χ3n) is 3.22. The number of aliphatic hydroxyl groups excluding tert-OH is 1. The van der Waals surface area contributed by atoms with E-state index in [4.69, 9.17) is 11.6 Å². The lowest BCUT2D eigenvalue weighted by Gasteiger charge is -2.21. The van der Waals surface area contributed by atoms with E-state index in [1.165, 1.54) is 0 Å². The van der Waals surface area contributed by atoms with Gasteiger partial charge in [-0.15, -0.1) is 0 Å². The largest absolute Gasteiger partial charge is 0.508 e. The molecule has 0 heterocycles. The summed E-state index contributed by atoms with van der Waals surface area (Å²) in [7, 11) is 0. The first-order valence-electron chi connectivity index (χ1n) is 6.51. The van der Waals surface area contributed by atoms with Gasteiger partial charge in [-0.3, -0.25) is 0 Å². The lowest BCUT2D eigenvalue weighted by molar-refractivity contribution is 0.135. The summed E-state index contributed by atoms with van der Waals surface area (Å²) in [6.07, 6.45) is -0.607. The first kappa shape index (κ1) is 14.9. The normalized spacial score (nSPS) is 13.9. The first-order chi connectivity index (χ1) is 9.56. The molecule has 0 aromatic heterocycles. The summed E-state index contributed by atoms with van der Waals surface area (Å²) in [5.41, 5.74) is 1.80. The quantitative estimate of drug-likeness (QED) is 0.792. The minimum absolute atomic E-state index is 0.112. The van der Waals surface area contributed by atoms with Crippen LogP contribution in [-0.2, 0) is 6.54 Å². The van der Waals surface area contributed by atoms with E-state index in [-0.39, 0.29) is 11.8 Å². The molecule has 2 unspecified atom stereocenters. The number of hydrogen-bond acceptors (Lipinski definition) is 3. The van der Waals surface area contributed by atoms with Crippen molar-refractivity contribution in [2.45, 2.75) is 25.6 Å². The topological polar surface area (TPSA) is 52.5 Å². The third-order valence-corrected chi connectivity index (χ3v) is 3.48. The van der Waals surface area contributed by atoms with Gasteiger partial charge in [-0.05, 0) is 42.3 Å². The Morgan fingerprint density at radius 1 is 1.15 bits per heavy atom. The second-order valence-corrected chi connectivity index (χ2v) is 5.27. The van der Waals surface area contributed by atoms with Gasteiger partial charge < -0.3 is 15.5 Å². The Bertz CT molecular complexity index is 557. The fourth-order valence-electron chi connectivity index (χ4n) is 2.01. The molecule has 0 aliphatic carbocycles. The van der Waals surface area contributed by atoms with E-state index < -0.39 is 6.10 Å². The summed E-state index contributed by atoms with van der Waals surface area (Å²) in [5.74, 6) is 0.246. The van der Waals surface area contributed by atoms with E-state index in [2.05, 4.69) is 5.32 Å². The highest BCUT2D eigenvalue weighted by molar-refractivity contribution is 6.30. The fraction of sp³-hybridized carbons (Fsp3) is 0.250. The zero-order valence-electron chi connectivity index (χ0n) is 11.3.